The van der Waals surface area contributed by atoms with Gasteiger partial charge in [0.25, 0.3) is 0 Å². The van der Waals surface area contributed by atoms with Crippen molar-refractivity contribution in [3.05, 3.63) is 17.5 Å². The van der Waals surface area contributed by atoms with Gasteiger partial charge in [0.2, 0.25) is 0 Å². The zero-order valence-electron chi connectivity index (χ0n) is 7.99. The summed E-state index contributed by atoms with van der Waals surface area (Å²) in [5, 5.41) is 13.3. The lowest BCUT2D eigenvalue weighted by molar-refractivity contribution is 0.666. The Morgan fingerprint density at radius 1 is 1.69 bits per heavy atom. The van der Waals surface area contributed by atoms with Crippen molar-refractivity contribution >= 4 is 0 Å². The molecule has 0 aromatic carbocycles. The van der Waals surface area contributed by atoms with Crippen LogP contribution in [0.2, 0.25) is 0 Å². The SMILES string of the molecule is Cc1cc(C(C#N)C2CC2)nn1C. The summed E-state index contributed by atoms with van der Waals surface area (Å²) in [6.45, 7) is 2.01. The highest BCUT2D eigenvalue weighted by Crippen LogP contribution is 2.41. The van der Waals surface area contributed by atoms with Crippen LogP contribution in [0.3, 0.4) is 0 Å². The maximum atomic E-state index is 8.99. The molecule has 1 atom stereocenters. The summed E-state index contributed by atoms with van der Waals surface area (Å²) in [5.74, 6) is 0.596. The van der Waals surface area contributed by atoms with Gasteiger partial charge < -0.3 is 0 Å². The van der Waals surface area contributed by atoms with E-state index in [9.17, 15) is 0 Å². The highest BCUT2D eigenvalue weighted by Gasteiger charge is 2.33. The molecule has 1 heterocycles. The van der Waals surface area contributed by atoms with E-state index in [1.165, 1.54) is 12.8 Å². The van der Waals surface area contributed by atoms with E-state index < -0.39 is 0 Å². The van der Waals surface area contributed by atoms with E-state index in [4.69, 9.17) is 5.26 Å². The second kappa shape index (κ2) is 2.88. The van der Waals surface area contributed by atoms with E-state index in [0.29, 0.717) is 5.92 Å². The van der Waals surface area contributed by atoms with Crippen LogP contribution in [0.25, 0.3) is 0 Å². The van der Waals surface area contributed by atoms with E-state index in [1.807, 2.05) is 24.7 Å². The van der Waals surface area contributed by atoms with Crippen molar-refractivity contribution in [3.8, 4) is 6.07 Å². The maximum Gasteiger partial charge on any atom is 0.0931 e. The molecule has 13 heavy (non-hydrogen) atoms. The number of hydrogen-bond donors (Lipinski definition) is 0. The molecule has 1 fully saturated rings. The van der Waals surface area contributed by atoms with Gasteiger partial charge in [0, 0.05) is 12.7 Å². The monoisotopic (exact) mass is 175 g/mol. The van der Waals surface area contributed by atoms with Crippen molar-refractivity contribution in [1.82, 2.24) is 9.78 Å². The summed E-state index contributed by atoms with van der Waals surface area (Å²) >= 11 is 0. The van der Waals surface area contributed by atoms with Crippen LogP contribution < -0.4 is 0 Å². The predicted molar refractivity (Wildman–Crippen MR) is 49.0 cm³/mol. The number of hydrogen-bond acceptors (Lipinski definition) is 2. The average Bonchev–Trinajstić information content (AvgIpc) is 2.84. The Balaban J connectivity index is 2.28. The fourth-order valence-corrected chi connectivity index (χ4v) is 1.58. The van der Waals surface area contributed by atoms with Crippen molar-refractivity contribution in [2.24, 2.45) is 13.0 Å². The largest absolute Gasteiger partial charge is 0.273 e. The van der Waals surface area contributed by atoms with E-state index in [-0.39, 0.29) is 5.92 Å². The quantitative estimate of drug-likeness (QED) is 0.687. The highest BCUT2D eigenvalue weighted by atomic mass is 15.3. The fraction of sp³-hybridized carbons (Fsp3) is 0.600. The minimum absolute atomic E-state index is 0.0277. The molecule has 0 amide bonds. The van der Waals surface area contributed by atoms with Crippen LogP contribution in [0.4, 0.5) is 0 Å². The molecule has 0 aliphatic heterocycles. The van der Waals surface area contributed by atoms with Gasteiger partial charge in [0.15, 0.2) is 0 Å². The molecule has 0 spiro atoms. The summed E-state index contributed by atoms with van der Waals surface area (Å²) in [6, 6.07) is 4.37. The Morgan fingerprint density at radius 2 is 2.38 bits per heavy atom. The van der Waals surface area contributed by atoms with Crippen LogP contribution in [0.5, 0.6) is 0 Å². The molecule has 2 rings (SSSR count). The topological polar surface area (TPSA) is 41.6 Å². The number of nitrogens with zero attached hydrogens (tertiary/aromatic N) is 3. The lowest BCUT2D eigenvalue weighted by Crippen LogP contribution is -2.00. The molecule has 3 nitrogen and oxygen atoms in total. The first-order chi connectivity index (χ1) is 6.22. The van der Waals surface area contributed by atoms with Gasteiger partial charge in [-0.25, -0.2) is 0 Å². The zero-order chi connectivity index (χ0) is 9.42. The number of aryl methyl sites for hydroxylation is 2. The van der Waals surface area contributed by atoms with Crippen molar-refractivity contribution in [2.45, 2.75) is 25.7 Å². The molecule has 0 radical (unpaired) electrons. The van der Waals surface area contributed by atoms with Gasteiger partial charge in [-0.1, -0.05) is 0 Å². The smallest absolute Gasteiger partial charge is 0.0931 e. The van der Waals surface area contributed by atoms with Crippen LogP contribution in [-0.4, -0.2) is 9.78 Å². The van der Waals surface area contributed by atoms with Crippen molar-refractivity contribution in [3.63, 3.8) is 0 Å². The first kappa shape index (κ1) is 8.31. The second-order valence-electron chi connectivity index (χ2n) is 3.78. The lowest BCUT2D eigenvalue weighted by Gasteiger charge is -2.01. The van der Waals surface area contributed by atoms with Crippen LogP contribution in [0.15, 0.2) is 6.07 Å². The fourth-order valence-electron chi connectivity index (χ4n) is 1.58. The Morgan fingerprint density at radius 3 is 2.77 bits per heavy atom. The molecule has 0 bridgehead atoms. The summed E-state index contributed by atoms with van der Waals surface area (Å²) in [6.07, 6.45) is 2.38. The molecule has 1 saturated carbocycles. The van der Waals surface area contributed by atoms with Gasteiger partial charge in [-0.05, 0) is 31.7 Å². The first-order valence-electron chi connectivity index (χ1n) is 4.62. The summed E-state index contributed by atoms with van der Waals surface area (Å²) < 4.78 is 1.84. The first-order valence-corrected chi connectivity index (χ1v) is 4.62. The molecule has 1 aromatic heterocycles. The van der Waals surface area contributed by atoms with Gasteiger partial charge in [-0.2, -0.15) is 10.4 Å². The minimum atomic E-state index is 0.0277. The zero-order valence-corrected chi connectivity index (χ0v) is 7.99. The highest BCUT2D eigenvalue weighted by molar-refractivity contribution is 5.22. The Hall–Kier alpha value is -1.30. The molecule has 1 unspecified atom stereocenters. The van der Waals surface area contributed by atoms with E-state index in [1.54, 1.807) is 0 Å². The maximum absolute atomic E-state index is 8.99. The van der Waals surface area contributed by atoms with Gasteiger partial charge in [-0.15, -0.1) is 0 Å². The standard InChI is InChI=1S/C10H13N3/c1-7-5-10(12-13(7)2)9(6-11)8-3-4-8/h5,8-9H,3-4H2,1-2H3. The number of aromatic nitrogens is 2. The average molecular weight is 175 g/mol. The molecule has 0 N–H and O–H groups in total. The normalized spacial score (nSPS) is 18.2. The summed E-state index contributed by atoms with van der Waals surface area (Å²) in [4.78, 5) is 0. The van der Waals surface area contributed by atoms with Crippen LogP contribution in [0, 0.1) is 24.2 Å². The lowest BCUT2D eigenvalue weighted by atomic mass is 10.0. The van der Waals surface area contributed by atoms with Gasteiger partial charge >= 0.3 is 0 Å². The van der Waals surface area contributed by atoms with E-state index in [2.05, 4.69) is 11.2 Å². The minimum Gasteiger partial charge on any atom is -0.273 e. The van der Waals surface area contributed by atoms with E-state index >= 15 is 0 Å². The second-order valence-corrected chi connectivity index (χ2v) is 3.78. The molecule has 3 heteroatoms. The molecule has 0 saturated heterocycles. The molecular weight excluding hydrogens is 162 g/mol. The molecule has 1 aromatic rings. The third-order valence-corrected chi connectivity index (χ3v) is 2.68. The van der Waals surface area contributed by atoms with E-state index in [0.717, 1.165) is 11.4 Å². The van der Waals surface area contributed by atoms with Crippen molar-refractivity contribution in [2.75, 3.05) is 0 Å². The summed E-state index contributed by atoms with van der Waals surface area (Å²) in [7, 11) is 1.92. The number of nitriles is 1. The summed E-state index contributed by atoms with van der Waals surface area (Å²) in [5.41, 5.74) is 2.07. The predicted octanol–water partition coefficient (Wildman–Crippen LogP) is 1.75. The van der Waals surface area contributed by atoms with Gasteiger partial charge in [-0.3, -0.25) is 4.68 Å². The Bertz CT molecular complexity index is 335. The molecular formula is C10H13N3. The van der Waals surface area contributed by atoms with Crippen LogP contribution in [-0.2, 0) is 7.05 Å². The van der Waals surface area contributed by atoms with Gasteiger partial charge in [0.05, 0.1) is 17.7 Å². The van der Waals surface area contributed by atoms with Crippen LogP contribution in [0.1, 0.15) is 30.1 Å². The molecule has 68 valence electrons. The third-order valence-electron chi connectivity index (χ3n) is 2.68. The third kappa shape index (κ3) is 1.44. The number of rotatable bonds is 2. The Kier molecular flexibility index (Phi) is 1.84. The van der Waals surface area contributed by atoms with Crippen molar-refractivity contribution < 1.29 is 0 Å². The van der Waals surface area contributed by atoms with Crippen LogP contribution >= 0.6 is 0 Å². The van der Waals surface area contributed by atoms with Crippen molar-refractivity contribution in [1.29, 1.82) is 5.26 Å². The molecule has 1 aliphatic rings. The van der Waals surface area contributed by atoms with Gasteiger partial charge in [0.1, 0.15) is 0 Å². The molecule has 1 aliphatic carbocycles. The Labute approximate surface area is 78.0 Å².